The lowest BCUT2D eigenvalue weighted by molar-refractivity contribution is 0.352. The van der Waals surface area contributed by atoms with E-state index in [-0.39, 0.29) is 0 Å². The van der Waals surface area contributed by atoms with Gasteiger partial charge < -0.3 is 4.57 Å². The summed E-state index contributed by atoms with van der Waals surface area (Å²) in [5.74, 6) is 0. The summed E-state index contributed by atoms with van der Waals surface area (Å²) >= 11 is 0. The number of hydrogen-bond acceptors (Lipinski definition) is 1. The van der Waals surface area contributed by atoms with Crippen molar-refractivity contribution in [2.45, 2.75) is 38.1 Å². The molecular weight excluding hydrogens is 136 g/mol. The third-order valence-electron chi connectivity index (χ3n) is 2.44. The van der Waals surface area contributed by atoms with E-state index in [0.717, 1.165) is 0 Å². The van der Waals surface area contributed by atoms with E-state index in [0.29, 0.717) is 6.04 Å². The van der Waals surface area contributed by atoms with Gasteiger partial charge in [-0.05, 0) is 12.8 Å². The minimum atomic E-state index is 0.686. The van der Waals surface area contributed by atoms with Crippen LogP contribution in [0.5, 0.6) is 0 Å². The fraction of sp³-hybridized carbons (Fsp3) is 0.667. The quantitative estimate of drug-likeness (QED) is 0.598. The normalized spacial score (nSPS) is 20.4. The molecule has 0 atom stereocenters. The van der Waals surface area contributed by atoms with Crippen molar-refractivity contribution in [1.29, 1.82) is 0 Å². The number of rotatable bonds is 1. The molecule has 1 aliphatic carbocycles. The highest BCUT2D eigenvalue weighted by Crippen LogP contribution is 2.27. The Morgan fingerprint density at radius 1 is 1.27 bits per heavy atom. The first-order chi connectivity index (χ1) is 5.47. The summed E-state index contributed by atoms with van der Waals surface area (Å²) in [7, 11) is 0. The van der Waals surface area contributed by atoms with E-state index < -0.39 is 0 Å². The average Bonchev–Trinajstić information content (AvgIpc) is 2.58. The third-order valence-corrected chi connectivity index (χ3v) is 2.44. The van der Waals surface area contributed by atoms with E-state index in [4.69, 9.17) is 0 Å². The summed E-state index contributed by atoms with van der Waals surface area (Å²) in [5.41, 5.74) is 0. The molecule has 1 saturated carbocycles. The van der Waals surface area contributed by atoms with Crippen LogP contribution in [0.25, 0.3) is 0 Å². The lowest BCUT2D eigenvalue weighted by Crippen LogP contribution is -2.10. The second-order valence-corrected chi connectivity index (χ2v) is 3.22. The van der Waals surface area contributed by atoms with Crippen molar-refractivity contribution in [3.63, 3.8) is 0 Å². The SMILES string of the molecule is [c]1cncn1C1CCCCC1. The van der Waals surface area contributed by atoms with Crippen molar-refractivity contribution in [3.8, 4) is 0 Å². The summed E-state index contributed by atoms with van der Waals surface area (Å²) in [6, 6.07) is 0.686. The summed E-state index contributed by atoms with van der Waals surface area (Å²) in [6.07, 6.45) is 13.5. The molecule has 0 unspecified atom stereocenters. The lowest BCUT2D eigenvalue weighted by atomic mass is 9.95. The highest BCUT2D eigenvalue weighted by Gasteiger charge is 2.13. The molecule has 1 aromatic heterocycles. The van der Waals surface area contributed by atoms with E-state index in [1.54, 1.807) is 6.20 Å². The first-order valence-corrected chi connectivity index (χ1v) is 4.36. The van der Waals surface area contributed by atoms with Crippen molar-refractivity contribution in [3.05, 3.63) is 18.7 Å². The van der Waals surface area contributed by atoms with Crippen molar-refractivity contribution in [2.24, 2.45) is 0 Å². The molecule has 1 fully saturated rings. The highest BCUT2D eigenvalue weighted by atomic mass is 15.0. The molecule has 0 amide bonds. The van der Waals surface area contributed by atoms with Gasteiger partial charge in [0.05, 0.1) is 18.7 Å². The Hall–Kier alpha value is -0.790. The number of nitrogens with zero attached hydrogens (tertiary/aromatic N) is 2. The third kappa shape index (κ3) is 1.44. The maximum absolute atomic E-state index is 4.00. The van der Waals surface area contributed by atoms with Gasteiger partial charge in [-0.3, -0.25) is 0 Å². The molecule has 11 heavy (non-hydrogen) atoms. The number of hydrogen-bond donors (Lipinski definition) is 0. The van der Waals surface area contributed by atoms with Gasteiger partial charge in [0.25, 0.3) is 0 Å². The predicted molar refractivity (Wildman–Crippen MR) is 43.2 cm³/mol. The lowest BCUT2D eigenvalue weighted by Gasteiger charge is -2.22. The zero-order valence-corrected chi connectivity index (χ0v) is 6.66. The Balaban J connectivity index is 2.04. The van der Waals surface area contributed by atoms with E-state index in [1.165, 1.54) is 32.1 Å². The zero-order valence-electron chi connectivity index (χ0n) is 6.66. The molecule has 1 aromatic rings. The minimum absolute atomic E-state index is 0.686. The first-order valence-electron chi connectivity index (χ1n) is 4.36. The maximum atomic E-state index is 4.00. The molecule has 0 spiro atoms. The topological polar surface area (TPSA) is 17.8 Å². The summed E-state index contributed by atoms with van der Waals surface area (Å²) in [5, 5.41) is 0. The van der Waals surface area contributed by atoms with Crippen LogP contribution in [0, 0.1) is 6.20 Å². The minimum Gasteiger partial charge on any atom is -0.326 e. The Morgan fingerprint density at radius 2 is 2.09 bits per heavy atom. The Bertz CT molecular complexity index is 197. The van der Waals surface area contributed by atoms with Gasteiger partial charge in [0.2, 0.25) is 0 Å². The smallest absolute Gasteiger partial charge is 0.0953 e. The maximum Gasteiger partial charge on any atom is 0.0953 e. The summed E-state index contributed by atoms with van der Waals surface area (Å²) < 4.78 is 2.12. The van der Waals surface area contributed by atoms with Crippen LogP contribution in [0.15, 0.2) is 12.5 Å². The van der Waals surface area contributed by atoms with E-state index in [1.807, 2.05) is 6.33 Å². The van der Waals surface area contributed by atoms with E-state index in [2.05, 4.69) is 15.7 Å². The molecule has 1 aliphatic rings. The zero-order chi connectivity index (χ0) is 7.52. The predicted octanol–water partition coefficient (Wildman–Crippen LogP) is 2.19. The van der Waals surface area contributed by atoms with Gasteiger partial charge in [0, 0.05) is 6.04 Å². The Labute approximate surface area is 67.3 Å². The van der Waals surface area contributed by atoms with Crippen molar-refractivity contribution < 1.29 is 0 Å². The molecule has 2 heteroatoms. The Kier molecular flexibility index (Phi) is 1.93. The number of imidazole rings is 1. The van der Waals surface area contributed by atoms with Crippen LogP contribution >= 0.6 is 0 Å². The van der Waals surface area contributed by atoms with Gasteiger partial charge in [-0.2, -0.15) is 0 Å². The second-order valence-electron chi connectivity index (χ2n) is 3.22. The van der Waals surface area contributed by atoms with Crippen LogP contribution in [-0.4, -0.2) is 9.55 Å². The largest absolute Gasteiger partial charge is 0.326 e. The van der Waals surface area contributed by atoms with Gasteiger partial charge in [-0.1, -0.05) is 19.3 Å². The van der Waals surface area contributed by atoms with Crippen LogP contribution in [0.1, 0.15) is 38.1 Å². The molecule has 0 bridgehead atoms. The van der Waals surface area contributed by atoms with Crippen molar-refractivity contribution in [1.82, 2.24) is 9.55 Å². The van der Waals surface area contributed by atoms with Crippen LogP contribution in [-0.2, 0) is 0 Å². The van der Waals surface area contributed by atoms with E-state index >= 15 is 0 Å². The molecule has 1 heterocycles. The average molecular weight is 149 g/mol. The second kappa shape index (κ2) is 3.07. The molecule has 0 N–H and O–H groups in total. The van der Waals surface area contributed by atoms with Gasteiger partial charge in [0.1, 0.15) is 0 Å². The van der Waals surface area contributed by atoms with E-state index in [9.17, 15) is 0 Å². The summed E-state index contributed by atoms with van der Waals surface area (Å²) in [4.78, 5) is 4.00. The monoisotopic (exact) mass is 149 g/mol. The van der Waals surface area contributed by atoms with Gasteiger partial charge in [-0.25, -0.2) is 4.98 Å². The molecule has 2 nitrogen and oxygen atoms in total. The van der Waals surface area contributed by atoms with Gasteiger partial charge in [0.15, 0.2) is 0 Å². The first kappa shape index (κ1) is 6.89. The van der Waals surface area contributed by atoms with Crippen molar-refractivity contribution >= 4 is 0 Å². The van der Waals surface area contributed by atoms with Crippen molar-refractivity contribution in [2.75, 3.05) is 0 Å². The molecule has 59 valence electrons. The van der Waals surface area contributed by atoms with Gasteiger partial charge in [-0.15, -0.1) is 0 Å². The molecule has 2 rings (SSSR count). The van der Waals surface area contributed by atoms with Crippen LogP contribution in [0.2, 0.25) is 0 Å². The molecule has 0 aromatic carbocycles. The standard InChI is InChI=1S/C9H13N2/c1-2-4-9(5-3-1)11-7-6-10-8-11/h6,8-9H,1-5H2. The Morgan fingerprint density at radius 3 is 2.73 bits per heavy atom. The van der Waals surface area contributed by atoms with Crippen LogP contribution in [0.4, 0.5) is 0 Å². The molecular formula is C9H13N2. The molecule has 1 radical (unpaired) electrons. The fourth-order valence-corrected chi connectivity index (χ4v) is 1.80. The molecule has 0 aliphatic heterocycles. The fourth-order valence-electron chi connectivity index (χ4n) is 1.80. The van der Waals surface area contributed by atoms with Gasteiger partial charge >= 0.3 is 0 Å². The highest BCUT2D eigenvalue weighted by molar-refractivity contribution is 4.80. The number of aromatic nitrogens is 2. The van der Waals surface area contributed by atoms with Crippen LogP contribution < -0.4 is 0 Å². The molecule has 0 saturated heterocycles. The van der Waals surface area contributed by atoms with Crippen LogP contribution in [0.3, 0.4) is 0 Å². The summed E-state index contributed by atoms with van der Waals surface area (Å²) in [6.45, 7) is 0.